The quantitative estimate of drug-likeness (QED) is 0.519. The van der Waals surface area contributed by atoms with Crippen LogP contribution < -0.4 is 0 Å². The third-order valence-corrected chi connectivity index (χ3v) is 7.11. The molecule has 1 N–H and O–H groups in total. The number of hydrogen-bond donors (Lipinski definition) is 1. The molecule has 0 radical (unpaired) electrons. The van der Waals surface area contributed by atoms with Gasteiger partial charge in [0.05, 0.1) is 27.8 Å². The molecule has 3 aromatic heterocycles. The molecule has 1 aromatic carbocycles. The van der Waals surface area contributed by atoms with Crippen LogP contribution in [0.2, 0.25) is 0 Å². The molecule has 1 saturated heterocycles. The molecule has 0 aliphatic carbocycles. The zero-order valence-corrected chi connectivity index (χ0v) is 16.9. The molecule has 4 heterocycles. The number of H-pyrrole nitrogens is 1. The number of thiophene rings is 1. The van der Waals surface area contributed by atoms with Gasteiger partial charge in [-0.2, -0.15) is 0 Å². The molecule has 0 bridgehead atoms. The Morgan fingerprint density at radius 3 is 2.78 bits per heavy atom. The number of aromatic nitrogens is 3. The first-order valence-corrected chi connectivity index (χ1v) is 10.4. The van der Waals surface area contributed by atoms with Gasteiger partial charge in [0.15, 0.2) is 0 Å². The largest absolute Gasteiger partial charge is 0.351 e. The van der Waals surface area contributed by atoms with Crippen LogP contribution in [0.5, 0.6) is 0 Å². The summed E-state index contributed by atoms with van der Waals surface area (Å²) in [6, 6.07) is 8.89. The standard InChI is InChI=1S/C22H24N4S/c1-13-4-5-20-16(10-13)14(2)21(27-20)18-11-17-19(24-18)12-23-22(25-17)15-6-8-26(3)9-7-15/h4-5,10-12,15,24H,6-9H2,1-3H3. The minimum absolute atomic E-state index is 0.484. The van der Waals surface area contributed by atoms with Crippen molar-refractivity contribution >= 4 is 32.5 Å². The van der Waals surface area contributed by atoms with Gasteiger partial charge in [0.2, 0.25) is 0 Å². The Kier molecular flexibility index (Phi) is 4.02. The second-order valence-electron chi connectivity index (χ2n) is 7.84. The molecule has 1 fully saturated rings. The minimum atomic E-state index is 0.484. The minimum Gasteiger partial charge on any atom is -0.351 e. The molecule has 0 spiro atoms. The number of aromatic amines is 1. The van der Waals surface area contributed by atoms with Crippen LogP contribution in [-0.2, 0) is 0 Å². The van der Waals surface area contributed by atoms with Gasteiger partial charge < -0.3 is 9.88 Å². The van der Waals surface area contributed by atoms with E-state index in [0.717, 1.165) is 48.5 Å². The molecule has 0 unspecified atom stereocenters. The van der Waals surface area contributed by atoms with Crippen molar-refractivity contribution in [3.05, 3.63) is 47.4 Å². The van der Waals surface area contributed by atoms with Crippen LogP contribution in [0, 0.1) is 13.8 Å². The van der Waals surface area contributed by atoms with Crippen LogP contribution in [0.4, 0.5) is 0 Å². The van der Waals surface area contributed by atoms with E-state index in [0.29, 0.717) is 5.92 Å². The summed E-state index contributed by atoms with van der Waals surface area (Å²) in [4.78, 5) is 16.8. The maximum absolute atomic E-state index is 4.91. The highest BCUT2D eigenvalue weighted by molar-refractivity contribution is 7.22. The summed E-state index contributed by atoms with van der Waals surface area (Å²) in [6.45, 7) is 6.63. The van der Waals surface area contributed by atoms with E-state index in [1.54, 1.807) is 0 Å². The highest BCUT2D eigenvalue weighted by atomic mass is 32.1. The third kappa shape index (κ3) is 2.95. The lowest BCUT2D eigenvalue weighted by Gasteiger charge is -2.27. The maximum Gasteiger partial charge on any atom is 0.132 e. The number of nitrogens with zero attached hydrogens (tertiary/aromatic N) is 3. The van der Waals surface area contributed by atoms with Crippen molar-refractivity contribution < 1.29 is 0 Å². The summed E-state index contributed by atoms with van der Waals surface area (Å²) < 4.78 is 1.34. The number of nitrogens with one attached hydrogen (secondary N) is 1. The first kappa shape index (κ1) is 16.9. The van der Waals surface area contributed by atoms with Gasteiger partial charge in [-0.05, 0) is 69.9 Å². The van der Waals surface area contributed by atoms with Crippen molar-refractivity contribution in [1.82, 2.24) is 19.9 Å². The first-order valence-electron chi connectivity index (χ1n) is 9.63. The molecule has 0 amide bonds. The number of hydrogen-bond acceptors (Lipinski definition) is 4. The predicted octanol–water partition coefficient (Wildman–Crippen LogP) is 5.27. The van der Waals surface area contributed by atoms with Crippen LogP contribution in [-0.4, -0.2) is 40.0 Å². The van der Waals surface area contributed by atoms with Gasteiger partial charge in [0.1, 0.15) is 5.82 Å². The molecule has 0 saturated carbocycles. The molecular weight excluding hydrogens is 352 g/mol. The van der Waals surface area contributed by atoms with E-state index in [-0.39, 0.29) is 0 Å². The molecule has 4 aromatic rings. The van der Waals surface area contributed by atoms with E-state index in [1.165, 1.54) is 26.1 Å². The second kappa shape index (κ2) is 6.43. The van der Waals surface area contributed by atoms with Crippen molar-refractivity contribution in [2.75, 3.05) is 20.1 Å². The van der Waals surface area contributed by atoms with Gasteiger partial charge in [-0.3, -0.25) is 0 Å². The lowest BCUT2D eigenvalue weighted by Crippen LogP contribution is -2.29. The van der Waals surface area contributed by atoms with Crippen LogP contribution in [0.25, 0.3) is 31.7 Å². The summed E-state index contributed by atoms with van der Waals surface area (Å²) in [5, 5.41) is 1.35. The molecular formula is C22H24N4S. The molecule has 27 heavy (non-hydrogen) atoms. The van der Waals surface area contributed by atoms with E-state index in [2.05, 4.69) is 60.0 Å². The average molecular weight is 377 g/mol. The average Bonchev–Trinajstić information content (AvgIpc) is 3.23. The summed E-state index contributed by atoms with van der Waals surface area (Å²) in [7, 11) is 2.19. The molecule has 5 rings (SSSR count). The lowest BCUT2D eigenvalue weighted by molar-refractivity contribution is 0.251. The van der Waals surface area contributed by atoms with Crippen LogP contribution in [0.15, 0.2) is 30.5 Å². The van der Waals surface area contributed by atoms with Crippen LogP contribution in [0.1, 0.15) is 35.7 Å². The van der Waals surface area contributed by atoms with Gasteiger partial charge in [0, 0.05) is 10.6 Å². The Labute approximate surface area is 163 Å². The zero-order chi connectivity index (χ0) is 18.5. The fraction of sp³-hybridized carbons (Fsp3) is 0.364. The molecule has 1 aliphatic rings. The molecule has 1 aliphatic heterocycles. The highest BCUT2D eigenvalue weighted by Crippen LogP contribution is 2.39. The fourth-order valence-corrected chi connectivity index (χ4v) is 5.27. The van der Waals surface area contributed by atoms with E-state index in [9.17, 15) is 0 Å². The summed E-state index contributed by atoms with van der Waals surface area (Å²) in [5.74, 6) is 1.49. The number of benzene rings is 1. The Morgan fingerprint density at radius 1 is 1.15 bits per heavy atom. The lowest BCUT2D eigenvalue weighted by atomic mass is 9.96. The number of aryl methyl sites for hydroxylation is 2. The Morgan fingerprint density at radius 2 is 1.96 bits per heavy atom. The second-order valence-corrected chi connectivity index (χ2v) is 8.90. The Hall–Kier alpha value is -2.24. The van der Waals surface area contributed by atoms with E-state index in [1.807, 2.05) is 17.5 Å². The first-order chi connectivity index (χ1) is 13.1. The van der Waals surface area contributed by atoms with Crippen molar-refractivity contribution in [3.63, 3.8) is 0 Å². The van der Waals surface area contributed by atoms with Crippen molar-refractivity contribution in [1.29, 1.82) is 0 Å². The SMILES string of the molecule is Cc1ccc2sc(-c3cc4nc(C5CCN(C)CC5)ncc4[nH]3)c(C)c2c1. The van der Waals surface area contributed by atoms with Crippen molar-refractivity contribution in [2.24, 2.45) is 0 Å². The monoisotopic (exact) mass is 376 g/mol. The Balaban J connectivity index is 1.54. The predicted molar refractivity (Wildman–Crippen MR) is 114 cm³/mol. The fourth-order valence-electron chi connectivity index (χ4n) is 4.11. The highest BCUT2D eigenvalue weighted by Gasteiger charge is 2.21. The maximum atomic E-state index is 4.91. The summed E-state index contributed by atoms with van der Waals surface area (Å²) in [6.07, 6.45) is 4.26. The third-order valence-electron chi connectivity index (χ3n) is 5.81. The van der Waals surface area contributed by atoms with Crippen LogP contribution in [0.3, 0.4) is 0 Å². The molecule has 0 atom stereocenters. The zero-order valence-electron chi connectivity index (χ0n) is 16.0. The summed E-state index contributed by atoms with van der Waals surface area (Å²) in [5.41, 5.74) is 5.85. The topological polar surface area (TPSA) is 44.8 Å². The molecule has 138 valence electrons. The number of likely N-dealkylation sites (tertiary alicyclic amines) is 1. The summed E-state index contributed by atoms with van der Waals surface area (Å²) >= 11 is 1.85. The van der Waals surface area contributed by atoms with E-state index in [4.69, 9.17) is 4.98 Å². The Bertz CT molecular complexity index is 1130. The number of piperidine rings is 1. The van der Waals surface area contributed by atoms with E-state index < -0.39 is 0 Å². The van der Waals surface area contributed by atoms with Gasteiger partial charge in [-0.1, -0.05) is 17.7 Å². The molecule has 5 heteroatoms. The molecule has 4 nitrogen and oxygen atoms in total. The van der Waals surface area contributed by atoms with Gasteiger partial charge in [-0.15, -0.1) is 11.3 Å². The van der Waals surface area contributed by atoms with E-state index >= 15 is 0 Å². The van der Waals surface area contributed by atoms with Gasteiger partial charge in [-0.25, -0.2) is 9.97 Å². The van der Waals surface area contributed by atoms with Crippen molar-refractivity contribution in [2.45, 2.75) is 32.6 Å². The normalized spacial score (nSPS) is 16.6. The number of fused-ring (bicyclic) bond motifs is 2. The van der Waals surface area contributed by atoms with Crippen molar-refractivity contribution in [3.8, 4) is 10.6 Å². The number of rotatable bonds is 2. The smallest absolute Gasteiger partial charge is 0.132 e. The van der Waals surface area contributed by atoms with Crippen LogP contribution >= 0.6 is 11.3 Å². The van der Waals surface area contributed by atoms with Gasteiger partial charge >= 0.3 is 0 Å². The van der Waals surface area contributed by atoms with Gasteiger partial charge in [0.25, 0.3) is 0 Å².